The summed E-state index contributed by atoms with van der Waals surface area (Å²) in [6.07, 6.45) is -2.89. The summed E-state index contributed by atoms with van der Waals surface area (Å²) in [6, 6.07) is 14.8. The van der Waals surface area contributed by atoms with Crippen molar-refractivity contribution in [2.24, 2.45) is 0 Å². The molecule has 0 spiro atoms. The van der Waals surface area contributed by atoms with Gasteiger partial charge in [-0.3, -0.25) is 4.79 Å². The summed E-state index contributed by atoms with van der Waals surface area (Å²) in [5.74, 6) is -0.152. The largest absolute Gasteiger partial charge is 0.416 e. The zero-order valence-electron chi connectivity index (χ0n) is 13.7. The van der Waals surface area contributed by atoms with Gasteiger partial charge in [0.2, 0.25) is 0 Å². The van der Waals surface area contributed by atoms with Crippen molar-refractivity contribution in [3.05, 3.63) is 82.5 Å². The number of carbonyl (C=O) groups is 1. The minimum atomic E-state index is -4.42. The summed E-state index contributed by atoms with van der Waals surface area (Å²) in [5.41, 5.74) is 0.466. The number of anilines is 3. The van der Waals surface area contributed by atoms with Crippen LogP contribution in [0.15, 0.2) is 71.3 Å². The maximum absolute atomic E-state index is 12.6. The highest BCUT2D eigenvalue weighted by atomic mass is 79.9. The first kappa shape index (κ1) is 18.9. The average Bonchev–Trinajstić information content (AvgIpc) is 2.62. The number of rotatable bonds is 4. The van der Waals surface area contributed by atoms with E-state index in [-0.39, 0.29) is 11.3 Å². The molecule has 4 nitrogen and oxygen atoms in total. The molecule has 3 rings (SSSR count). The monoisotopic (exact) mass is 435 g/mol. The first-order valence-corrected chi connectivity index (χ1v) is 8.58. The molecule has 138 valence electrons. The SMILES string of the molecule is O=C(Nc1ccc(C(F)(F)F)cc1)c1cccnc1Nc1cccc(Br)c1. The average molecular weight is 436 g/mol. The van der Waals surface area contributed by atoms with Crippen molar-refractivity contribution >= 4 is 39.0 Å². The number of hydrogen-bond acceptors (Lipinski definition) is 3. The number of halogens is 4. The molecule has 27 heavy (non-hydrogen) atoms. The van der Waals surface area contributed by atoms with Crippen LogP contribution >= 0.6 is 15.9 Å². The van der Waals surface area contributed by atoms with Gasteiger partial charge in [-0.15, -0.1) is 0 Å². The maximum Gasteiger partial charge on any atom is 0.416 e. The highest BCUT2D eigenvalue weighted by molar-refractivity contribution is 9.10. The molecule has 0 fully saturated rings. The standard InChI is InChI=1S/C19H13BrF3N3O/c20-13-3-1-4-15(11-13)25-17-16(5-2-10-24-17)18(27)26-14-8-6-12(7-9-14)19(21,22)23/h1-11H,(H,24,25)(H,26,27). The molecule has 1 amide bonds. The molecular weight excluding hydrogens is 423 g/mol. The Balaban J connectivity index is 1.79. The normalized spacial score (nSPS) is 11.1. The molecule has 2 aromatic carbocycles. The second kappa shape index (κ2) is 7.79. The second-order valence-electron chi connectivity index (χ2n) is 5.56. The molecule has 0 aliphatic rings. The maximum atomic E-state index is 12.6. The van der Waals surface area contributed by atoms with Gasteiger partial charge in [-0.1, -0.05) is 22.0 Å². The Labute approximate surface area is 161 Å². The zero-order valence-corrected chi connectivity index (χ0v) is 15.3. The van der Waals surface area contributed by atoms with Gasteiger partial charge in [0.1, 0.15) is 5.82 Å². The molecule has 0 aliphatic heterocycles. The van der Waals surface area contributed by atoms with Gasteiger partial charge in [0.15, 0.2) is 0 Å². The lowest BCUT2D eigenvalue weighted by Crippen LogP contribution is -2.15. The van der Waals surface area contributed by atoms with Crippen LogP contribution < -0.4 is 10.6 Å². The van der Waals surface area contributed by atoms with Gasteiger partial charge in [-0.05, 0) is 54.6 Å². The van der Waals surface area contributed by atoms with Crippen molar-refractivity contribution in [2.45, 2.75) is 6.18 Å². The van der Waals surface area contributed by atoms with E-state index in [0.717, 1.165) is 22.3 Å². The van der Waals surface area contributed by atoms with Crippen LogP contribution in [0.5, 0.6) is 0 Å². The van der Waals surface area contributed by atoms with E-state index in [2.05, 4.69) is 31.5 Å². The van der Waals surface area contributed by atoms with E-state index in [1.165, 1.54) is 18.3 Å². The van der Waals surface area contributed by atoms with Gasteiger partial charge < -0.3 is 10.6 Å². The third-order valence-corrected chi connectivity index (χ3v) is 4.10. The molecule has 1 aromatic heterocycles. The van der Waals surface area contributed by atoms with Crippen LogP contribution in [-0.4, -0.2) is 10.9 Å². The minimum Gasteiger partial charge on any atom is -0.340 e. The topological polar surface area (TPSA) is 54.0 Å². The van der Waals surface area contributed by atoms with Crippen LogP contribution in [0.4, 0.5) is 30.4 Å². The molecule has 0 radical (unpaired) electrons. The quantitative estimate of drug-likeness (QED) is 0.539. The third kappa shape index (κ3) is 4.85. The number of alkyl halides is 3. The van der Waals surface area contributed by atoms with E-state index in [1.54, 1.807) is 12.1 Å². The van der Waals surface area contributed by atoms with Crippen molar-refractivity contribution in [3.8, 4) is 0 Å². The van der Waals surface area contributed by atoms with Crippen LogP contribution in [0.25, 0.3) is 0 Å². The van der Waals surface area contributed by atoms with E-state index in [9.17, 15) is 18.0 Å². The molecule has 3 aromatic rings. The van der Waals surface area contributed by atoms with E-state index in [1.807, 2.05) is 24.3 Å². The Hall–Kier alpha value is -2.87. The van der Waals surface area contributed by atoms with Gasteiger partial charge in [-0.2, -0.15) is 13.2 Å². The molecule has 0 unspecified atom stereocenters. The number of benzene rings is 2. The van der Waals surface area contributed by atoms with Crippen molar-refractivity contribution in [1.82, 2.24) is 4.98 Å². The fraction of sp³-hybridized carbons (Fsp3) is 0.0526. The molecule has 0 atom stereocenters. The van der Waals surface area contributed by atoms with Gasteiger partial charge in [0.25, 0.3) is 5.91 Å². The molecule has 0 saturated heterocycles. The van der Waals surface area contributed by atoms with Crippen LogP contribution in [-0.2, 0) is 6.18 Å². The molecule has 0 saturated carbocycles. The van der Waals surface area contributed by atoms with Gasteiger partial charge in [-0.25, -0.2) is 4.98 Å². The highest BCUT2D eigenvalue weighted by Gasteiger charge is 2.30. The fourth-order valence-corrected chi connectivity index (χ4v) is 2.73. The summed E-state index contributed by atoms with van der Waals surface area (Å²) in [6.45, 7) is 0. The summed E-state index contributed by atoms with van der Waals surface area (Å²) >= 11 is 3.37. The van der Waals surface area contributed by atoms with E-state index >= 15 is 0 Å². The number of amides is 1. The third-order valence-electron chi connectivity index (χ3n) is 3.61. The first-order chi connectivity index (χ1) is 12.8. The minimum absolute atomic E-state index is 0.255. The number of nitrogens with zero attached hydrogens (tertiary/aromatic N) is 1. The molecule has 1 heterocycles. The predicted molar refractivity (Wildman–Crippen MR) is 101 cm³/mol. The molecule has 0 bridgehead atoms. The van der Waals surface area contributed by atoms with Crippen molar-refractivity contribution in [1.29, 1.82) is 0 Å². The van der Waals surface area contributed by atoms with Crippen LogP contribution in [0.1, 0.15) is 15.9 Å². The zero-order chi connectivity index (χ0) is 19.4. The number of carbonyl (C=O) groups excluding carboxylic acids is 1. The van der Waals surface area contributed by atoms with E-state index in [0.29, 0.717) is 5.82 Å². The van der Waals surface area contributed by atoms with Crippen LogP contribution in [0.2, 0.25) is 0 Å². The van der Waals surface area contributed by atoms with Crippen molar-refractivity contribution in [3.63, 3.8) is 0 Å². The summed E-state index contributed by atoms with van der Waals surface area (Å²) < 4.78 is 38.7. The fourth-order valence-electron chi connectivity index (χ4n) is 2.33. The number of nitrogens with one attached hydrogen (secondary N) is 2. The Morgan fingerprint density at radius 1 is 0.963 bits per heavy atom. The van der Waals surface area contributed by atoms with Gasteiger partial charge in [0.05, 0.1) is 11.1 Å². The Kier molecular flexibility index (Phi) is 5.46. The lowest BCUT2D eigenvalue weighted by Gasteiger charge is -2.12. The molecular formula is C19H13BrF3N3O. The van der Waals surface area contributed by atoms with E-state index < -0.39 is 17.6 Å². The number of hydrogen-bond donors (Lipinski definition) is 2. The predicted octanol–water partition coefficient (Wildman–Crippen LogP) is 5.86. The Morgan fingerprint density at radius 3 is 2.37 bits per heavy atom. The summed E-state index contributed by atoms with van der Waals surface area (Å²) in [5, 5.41) is 5.64. The first-order valence-electron chi connectivity index (χ1n) is 7.79. The van der Waals surface area contributed by atoms with Crippen LogP contribution in [0.3, 0.4) is 0 Å². The smallest absolute Gasteiger partial charge is 0.340 e. The molecule has 8 heteroatoms. The number of pyridine rings is 1. The Morgan fingerprint density at radius 2 is 1.70 bits per heavy atom. The van der Waals surface area contributed by atoms with Crippen molar-refractivity contribution in [2.75, 3.05) is 10.6 Å². The highest BCUT2D eigenvalue weighted by Crippen LogP contribution is 2.30. The number of aromatic nitrogens is 1. The van der Waals surface area contributed by atoms with Gasteiger partial charge in [0, 0.05) is 22.0 Å². The van der Waals surface area contributed by atoms with Gasteiger partial charge >= 0.3 is 6.18 Å². The molecule has 0 aliphatic carbocycles. The summed E-state index contributed by atoms with van der Waals surface area (Å²) in [4.78, 5) is 16.7. The Bertz CT molecular complexity index is 959. The van der Waals surface area contributed by atoms with Crippen molar-refractivity contribution < 1.29 is 18.0 Å². The van der Waals surface area contributed by atoms with E-state index in [4.69, 9.17) is 0 Å². The lowest BCUT2D eigenvalue weighted by molar-refractivity contribution is -0.137. The van der Waals surface area contributed by atoms with Crippen LogP contribution in [0, 0.1) is 0 Å². The molecule has 2 N–H and O–H groups in total. The second-order valence-corrected chi connectivity index (χ2v) is 6.48. The lowest BCUT2D eigenvalue weighted by atomic mass is 10.2. The summed E-state index contributed by atoms with van der Waals surface area (Å²) in [7, 11) is 0.